The molecule has 0 saturated carbocycles. The van der Waals surface area contributed by atoms with Gasteiger partial charge < -0.3 is 15.1 Å². The van der Waals surface area contributed by atoms with Gasteiger partial charge in [0.15, 0.2) is 0 Å². The molecule has 14 heavy (non-hydrogen) atoms. The molecule has 0 aliphatic carbocycles. The summed E-state index contributed by atoms with van der Waals surface area (Å²) in [4.78, 5) is 15.7. The molecule has 1 rings (SSSR count). The summed E-state index contributed by atoms with van der Waals surface area (Å²) in [5, 5.41) is 3.36. The first kappa shape index (κ1) is 11.5. The van der Waals surface area contributed by atoms with Gasteiger partial charge in [-0.25, -0.2) is 0 Å². The molecule has 2 atom stereocenters. The van der Waals surface area contributed by atoms with Crippen LogP contribution in [0.5, 0.6) is 0 Å². The number of nitrogens with one attached hydrogen (secondary N) is 1. The highest BCUT2D eigenvalue weighted by Crippen LogP contribution is 2.05. The van der Waals surface area contributed by atoms with Crippen LogP contribution in [0.3, 0.4) is 0 Å². The van der Waals surface area contributed by atoms with Crippen molar-refractivity contribution < 1.29 is 4.79 Å². The Kier molecular flexibility index (Phi) is 3.89. The quantitative estimate of drug-likeness (QED) is 0.666. The van der Waals surface area contributed by atoms with Gasteiger partial charge in [-0.05, 0) is 27.4 Å². The van der Waals surface area contributed by atoms with Crippen LogP contribution in [0.1, 0.15) is 13.3 Å². The lowest BCUT2D eigenvalue weighted by Gasteiger charge is -2.23. The summed E-state index contributed by atoms with van der Waals surface area (Å²) in [5.74, 6) is 0.211. The molecule has 1 aliphatic rings. The molecule has 4 heteroatoms. The van der Waals surface area contributed by atoms with Gasteiger partial charge in [0, 0.05) is 26.2 Å². The van der Waals surface area contributed by atoms with E-state index >= 15 is 0 Å². The molecule has 0 aromatic carbocycles. The average molecular weight is 199 g/mol. The Morgan fingerprint density at radius 3 is 2.79 bits per heavy atom. The van der Waals surface area contributed by atoms with Gasteiger partial charge in [0.2, 0.25) is 5.91 Å². The van der Waals surface area contributed by atoms with Crippen molar-refractivity contribution >= 4 is 5.91 Å². The molecule has 1 amide bonds. The minimum atomic E-state index is -0.0486. The fourth-order valence-corrected chi connectivity index (χ4v) is 1.76. The zero-order valence-corrected chi connectivity index (χ0v) is 9.58. The van der Waals surface area contributed by atoms with E-state index in [1.165, 1.54) is 0 Å². The van der Waals surface area contributed by atoms with Crippen molar-refractivity contribution in [2.75, 3.05) is 34.2 Å². The van der Waals surface area contributed by atoms with Crippen LogP contribution < -0.4 is 5.32 Å². The second kappa shape index (κ2) is 4.75. The lowest BCUT2D eigenvalue weighted by Crippen LogP contribution is -2.49. The molecule has 1 saturated heterocycles. The van der Waals surface area contributed by atoms with E-state index in [9.17, 15) is 4.79 Å². The number of likely N-dealkylation sites (N-methyl/N-ethyl adjacent to an activating group) is 2. The summed E-state index contributed by atoms with van der Waals surface area (Å²) >= 11 is 0. The van der Waals surface area contributed by atoms with Crippen LogP contribution in [0.25, 0.3) is 0 Å². The van der Waals surface area contributed by atoms with Crippen molar-refractivity contribution in [1.82, 2.24) is 15.1 Å². The maximum absolute atomic E-state index is 11.9. The topological polar surface area (TPSA) is 35.6 Å². The molecule has 1 aliphatic heterocycles. The third-order valence-corrected chi connectivity index (χ3v) is 2.61. The van der Waals surface area contributed by atoms with E-state index in [0.29, 0.717) is 6.04 Å². The lowest BCUT2D eigenvalue weighted by atomic mass is 10.2. The first-order valence-corrected chi connectivity index (χ1v) is 5.16. The Hall–Kier alpha value is -0.610. The highest BCUT2D eigenvalue weighted by molar-refractivity contribution is 5.82. The Bertz CT molecular complexity index is 206. The fourth-order valence-electron chi connectivity index (χ4n) is 1.76. The summed E-state index contributed by atoms with van der Waals surface area (Å²) in [6.07, 6.45) is 1.03. The molecule has 0 radical (unpaired) electrons. The lowest BCUT2D eigenvalue weighted by molar-refractivity contribution is -0.131. The molecule has 0 bridgehead atoms. The number of carbonyl (C=O) groups excluding carboxylic acids is 1. The van der Waals surface area contributed by atoms with Crippen molar-refractivity contribution in [1.29, 1.82) is 0 Å². The molecule has 1 N–H and O–H groups in total. The predicted molar refractivity (Wildman–Crippen MR) is 57.2 cm³/mol. The van der Waals surface area contributed by atoms with E-state index in [-0.39, 0.29) is 11.9 Å². The molecule has 1 heterocycles. The van der Waals surface area contributed by atoms with Crippen LogP contribution in [0.2, 0.25) is 0 Å². The minimum absolute atomic E-state index is 0.0486. The van der Waals surface area contributed by atoms with Gasteiger partial charge in [0.05, 0.1) is 6.04 Å². The fraction of sp³-hybridized carbons (Fsp3) is 0.900. The number of carbonyl (C=O) groups is 1. The van der Waals surface area contributed by atoms with E-state index in [0.717, 1.165) is 19.5 Å². The molecule has 2 unspecified atom stereocenters. The Morgan fingerprint density at radius 2 is 2.21 bits per heavy atom. The van der Waals surface area contributed by atoms with Gasteiger partial charge in [0.1, 0.15) is 0 Å². The van der Waals surface area contributed by atoms with Crippen LogP contribution >= 0.6 is 0 Å². The Labute approximate surface area is 86.2 Å². The van der Waals surface area contributed by atoms with Crippen LogP contribution in [-0.4, -0.2) is 62.0 Å². The molecule has 1 fully saturated rings. The van der Waals surface area contributed by atoms with Crippen molar-refractivity contribution in [2.24, 2.45) is 0 Å². The van der Waals surface area contributed by atoms with Crippen LogP contribution in [0.4, 0.5) is 0 Å². The zero-order chi connectivity index (χ0) is 10.7. The van der Waals surface area contributed by atoms with Gasteiger partial charge in [-0.3, -0.25) is 4.79 Å². The second-order valence-electron chi connectivity index (χ2n) is 4.43. The summed E-state index contributed by atoms with van der Waals surface area (Å²) in [7, 11) is 5.86. The molecule has 4 nitrogen and oxygen atoms in total. The SMILES string of the molecule is CC1CCN(C)C(=O)C(CN(C)C)N1. The summed E-state index contributed by atoms with van der Waals surface area (Å²) in [6, 6.07) is 0.376. The summed E-state index contributed by atoms with van der Waals surface area (Å²) in [5.41, 5.74) is 0. The van der Waals surface area contributed by atoms with Crippen LogP contribution in [0, 0.1) is 0 Å². The second-order valence-corrected chi connectivity index (χ2v) is 4.43. The predicted octanol–water partition coefficient (Wildman–Crippen LogP) is -0.243. The standard InChI is InChI=1S/C10H21N3O/c1-8-5-6-13(4)10(14)9(11-8)7-12(2)3/h8-9,11H,5-7H2,1-4H3. The average Bonchev–Trinajstić information content (AvgIpc) is 2.19. The van der Waals surface area contributed by atoms with Crippen molar-refractivity contribution in [3.8, 4) is 0 Å². The Morgan fingerprint density at radius 1 is 1.57 bits per heavy atom. The zero-order valence-electron chi connectivity index (χ0n) is 9.58. The Balaban J connectivity index is 2.63. The largest absolute Gasteiger partial charge is 0.344 e. The molecule has 0 aromatic heterocycles. The molecule has 0 aromatic rings. The smallest absolute Gasteiger partial charge is 0.240 e. The monoisotopic (exact) mass is 199 g/mol. The molecule has 0 spiro atoms. The van der Waals surface area contributed by atoms with Gasteiger partial charge in [-0.1, -0.05) is 0 Å². The van der Waals surface area contributed by atoms with Gasteiger partial charge in [0.25, 0.3) is 0 Å². The van der Waals surface area contributed by atoms with Gasteiger partial charge in [-0.2, -0.15) is 0 Å². The van der Waals surface area contributed by atoms with Crippen molar-refractivity contribution in [3.05, 3.63) is 0 Å². The van der Waals surface area contributed by atoms with Crippen molar-refractivity contribution in [3.63, 3.8) is 0 Å². The maximum atomic E-state index is 11.9. The third-order valence-electron chi connectivity index (χ3n) is 2.61. The first-order valence-electron chi connectivity index (χ1n) is 5.16. The van der Waals surface area contributed by atoms with E-state index in [1.54, 1.807) is 0 Å². The minimum Gasteiger partial charge on any atom is -0.344 e. The number of hydrogen-bond acceptors (Lipinski definition) is 3. The highest BCUT2D eigenvalue weighted by atomic mass is 16.2. The summed E-state index contributed by atoms with van der Waals surface area (Å²) < 4.78 is 0. The van der Waals surface area contributed by atoms with Crippen LogP contribution in [0.15, 0.2) is 0 Å². The number of hydrogen-bond donors (Lipinski definition) is 1. The van der Waals surface area contributed by atoms with E-state index in [1.807, 2.05) is 30.9 Å². The number of rotatable bonds is 2. The van der Waals surface area contributed by atoms with Gasteiger partial charge in [-0.15, -0.1) is 0 Å². The molecular formula is C10H21N3O. The molecule has 82 valence electrons. The van der Waals surface area contributed by atoms with Crippen LogP contribution in [-0.2, 0) is 4.79 Å². The van der Waals surface area contributed by atoms with Gasteiger partial charge >= 0.3 is 0 Å². The summed E-state index contributed by atoms with van der Waals surface area (Å²) in [6.45, 7) is 3.76. The van der Waals surface area contributed by atoms with E-state index in [4.69, 9.17) is 0 Å². The first-order chi connectivity index (χ1) is 6.50. The number of amides is 1. The maximum Gasteiger partial charge on any atom is 0.240 e. The normalized spacial score (nSPS) is 29.5. The highest BCUT2D eigenvalue weighted by Gasteiger charge is 2.27. The van der Waals surface area contributed by atoms with Crippen molar-refractivity contribution in [2.45, 2.75) is 25.4 Å². The van der Waals surface area contributed by atoms with E-state index < -0.39 is 0 Å². The third kappa shape index (κ3) is 2.96. The molecular weight excluding hydrogens is 178 g/mol. The number of nitrogens with zero attached hydrogens (tertiary/aromatic N) is 2. The van der Waals surface area contributed by atoms with E-state index in [2.05, 4.69) is 12.2 Å².